The van der Waals surface area contributed by atoms with E-state index in [1.807, 2.05) is 6.07 Å². The van der Waals surface area contributed by atoms with Crippen molar-refractivity contribution < 1.29 is 17.5 Å². The van der Waals surface area contributed by atoms with Crippen LogP contribution in [0.15, 0.2) is 35.2 Å². The third kappa shape index (κ3) is 3.32. The Balaban J connectivity index is 2.31. The standard InChI is InChI=1S/C22H29NO3S/c1-7-8-13-23-18-12-9-15-14-16(27(24,25)26)10-11-17(15)19(18)22(5,6)20(23)21(2,3)4/h9-12,14H,7-8,13H2,1-6H3. The van der Waals surface area contributed by atoms with E-state index in [2.05, 4.69) is 52.2 Å². The monoisotopic (exact) mass is 387 g/mol. The van der Waals surface area contributed by atoms with E-state index in [-0.39, 0.29) is 15.7 Å². The summed E-state index contributed by atoms with van der Waals surface area (Å²) < 4.78 is 36.7. The Morgan fingerprint density at radius 2 is 1.78 bits per heavy atom. The van der Waals surface area contributed by atoms with E-state index >= 15 is 0 Å². The predicted octanol–water partition coefficient (Wildman–Crippen LogP) is 4.97. The van der Waals surface area contributed by atoms with Gasteiger partial charge in [-0.25, -0.2) is 8.42 Å². The molecular weight excluding hydrogens is 358 g/mol. The highest BCUT2D eigenvalue weighted by molar-refractivity contribution is 7.85. The van der Waals surface area contributed by atoms with Gasteiger partial charge in [0.1, 0.15) is 16.7 Å². The molecular formula is C22H29NO3S. The summed E-state index contributed by atoms with van der Waals surface area (Å²) in [6, 6.07) is 8.74. The van der Waals surface area contributed by atoms with Crippen molar-refractivity contribution in [2.75, 3.05) is 6.54 Å². The molecule has 1 heterocycles. The fourth-order valence-electron chi connectivity index (χ4n) is 4.80. The fourth-order valence-corrected chi connectivity index (χ4v) is 5.31. The highest BCUT2D eigenvalue weighted by Gasteiger charge is 2.51. The Morgan fingerprint density at radius 1 is 1.11 bits per heavy atom. The van der Waals surface area contributed by atoms with Gasteiger partial charge in [0.25, 0.3) is 0 Å². The molecule has 0 radical (unpaired) electrons. The Kier molecular flexibility index (Phi) is 4.76. The second kappa shape index (κ2) is 6.42. The lowest BCUT2D eigenvalue weighted by atomic mass is 9.70. The fraction of sp³-hybridized carbons (Fsp3) is 0.500. The van der Waals surface area contributed by atoms with Crippen LogP contribution < -0.4 is 0 Å². The van der Waals surface area contributed by atoms with Gasteiger partial charge >= 0.3 is 0 Å². The van der Waals surface area contributed by atoms with Crippen LogP contribution in [0.2, 0.25) is 0 Å². The van der Waals surface area contributed by atoms with Crippen LogP contribution in [0.1, 0.15) is 59.9 Å². The minimum Gasteiger partial charge on any atom is -0.744 e. The van der Waals surface area contributed by atoms with E-state index < -0.39 is 10.1 Å². The summed E-state index contributed by atoms with van der Waals surface area (Å²) >= 11 is 0. The summed E-state index contributed by atoms with van der Waals surface area (Å²) in [5, 5.41) is 1.81. The number of hydrogen-bond donors (Lipinski definition) is 0. The molecule has 0 saturated carbocycles. The minimum atomic E-state index is -4.46. The van der Waals surface area contributed by atoms with Gasteiger partial charge in [-0.05, 0) is 42.8 Å². The summed E-state index contributed by atoms with van der Waals surface area (Å²) in [7, 11) is -4.46. The average molecular weight is 388 g/mol. The van der Waals surface area contributed by atoms with Gasteiger partial charge in [0, 0.05) is 23.5 Å². The lowest BCUT2D eigenvalue weighted by molar-refractivity contribution is -0.443. The Hall–Kier alpha value is -1.72. The van der Waals surface area contributed by atoms with Crippen molar-refractivity contribution in [2.45, 2.75) is 64.7 Å². The van der Waals surface area contributed by atoms with Crippen molar-refractivity contribution in [1.82, 2.24) is 0 Å². The van der Waals surface area contributed by atoms with Gasteiger partial charge in [0.15, 0.2) is 5.71 Å². The molecule has 0 amide bonds. The molecule has 0 aliphatic carbocycles. The van der Waals surface area contributed by atoms with E-state index in [0.717, 1.165) is 30.2 Å². The third-order valence-corrected chi connectivity index (χ3v) is 6.31. The molecule has 146 valence electrons. The van der Waals surface area contributed by atoms with Crippen LogP contribution in [0.5, 0.6) is 0 Å². The zero-order chi connectivity index (χ0) is 20.2. The molecule has 0 unspecified atom stereocenters. The molecule has 3 rings (SSSR count). The minimum absolute atomic E-state index is 0.000876. The highest BCUT2D eigenvalue weighted by atomic mass is 32.2. The number of fused-ring (bicyclic) bond motifs is 3. The molecule has 2 aromatic carbocycles. The quantitative estimate of drug-likeness (QED) is 0.550. The zero-order valence-corrected chi connectivity index (χ0v) is 17.9. The van der Waals surface area contributed by atoms with Crippen LogP contribution in [0.4, 0.5) is 5.69 Å². The lowest BCUT2D eigenvalue weighted by Gasteiger charge is -2.27. The van der Waals surface area contributed by atoms with Gasteiger partial charge in [-0.1, -0.05) is 40.2 Å². The molecule has 1 aliphatic rings. The second-order valence-corrected chi connectivity index (χ2v) is 10.4. The smallest absolute Gasteiger partial charge is 0.210 e. The van der Waals surface area contributed by atoms with E-state index in [0.29, 0.717) is 0 Å². The number of benzene rings is 2. The summed E-state index contributed by atoms with van der Waals surface area (Å²) in [5.41, 5.74) is 3.62. The second-order valence-electron chi connectivity index (χ2n) is 9.03. The van der Waals surface area contributed by atoms with Gasteiger partial charge in [0.05, 0.1) is 10.3 Å². The summed E-state index contributed by atoms with van der Waals surface area (Å²) in [4.78, 5) is -0.173. The van der Waals surface area contributed by atoms with Crippen LogP contribution in [0.3, 0.4) is 0 Å². The maximum absolute atomic E-state index is 11.4. The summed E-state index contributed by atoms with van der Waals surface area (Å²) in [6.45, 7) is 14.4. The molecule has 0 bridgehead atoms. The number of hydrogen-bond acceptors (Lipinski definition) is 3. The maximum atomic E-state index is 11.4. The average Bonchev–Trinajstić information content (AvgIpc) is 2.78. The molecule has 0 N–H and O–H groups in total. The van der Waals surface area contributed by atoms with Crippen molar-refractivity contribution >= 4 is 32.3 Å². The third-order valence-electron chi connectivity index (χ3n) is 5.48. The van der Waals surface area contributed by atoms with Crippen LogP contribution in [-0.4, -0.2) is 29.8 Å². The molecule has 2 aromatic rings. The first kappa shape index (κ1) is 20.0. The van der Waals surface area contributed by atoms with Crippen molar-refractivity contribution in [1.29, 1.82) is 0 Å². The van der Waals surface area contributed by atoms with Crippen molar-refractivity contribution in [3.05, 3.63) is 35.9 Å². The summed E-state index contributed by atoms with van der Waals surface area (Å²) in [6.07, 6.45) is 2.24. The number of nitrogens with zero attached hydrogens (tertiary/aromatic N) is 1. The molecule has 0 spiro atoms. The molecule has 5 heteroatoms. The molecule has 1 aliphatic heterocycles. The maximum Gasteiger partial charge on any atom is 0.210 e. The predicted molar refractivity (Wildman–Crippen MR) is 109 cm³/mol. The first-order valence-electron chi connectivity index (χ1n) is 9.57. The van der Waals surface area contributed by atoms with Crippen LogP contribution in [-0.2, 0) is 15.5 Å². The van der Waals surface area contributed by atoms with Crippen LogP contribution in [0, 0.1) is 5.41 Å². The molecule has 27 heavy (non-hydrogen) atoms. The van der Waals surface area contributed by atoms with Gasteiger partial charge < -0.3 is 4.55 Å². The van der Waals surface area contributed by atoms with Crippen molar-refractivity contribution in [2.24, 2.45) is 5.41 Å². The highest BCUT2D eigenvalue weighted by Crippen LogP contribution is 2.48. The van der Waals surface area contributed by atoms with E-state index in [1.165, 1.54) is 29.1 Å². The van der Waals surface area contributed by atoms with Gasteiger partial charge in [0.2, 0.25) is 5.69 Å². The van der Waals surface area contributed by atoms with Gasteiger partial charge in [-0.15, -0.1) is 0 Å². The van der Waals surface area contributed by atoms with Crippen LogP contribution >= 0.6 is 0 Å². The Labute approximate surface area is 162 Å². The normalized spacial score (nSPS) is 16.9. The van der Waals surface area contributed by atoms with Gasteiger partial charge in [-0.3, -0.25) is 0 Å². The van der Waals surface area contributed by atoms with E-state index in [9.17, 15) is 13.0 Å². The number of unbranched alkanes of at least 4 members (excludes halogenated alkanes) is 1. The number of rotatable bonds is 4. The Morgan fingerprint density at radius 3 is 2.33 bits per heavy atom. The van der Waals surface area contributed by atoms with Crippen molar-refractivity contribution in [3.8, 4) is 0 Å². The van der Waals surface area contributed by atoms with Crippen LogP contribution in [0.25, 0.3) is 10.8 Å². The van der Waals surface area contributed by atoms with Gasteiger partial charge in [-0.2, -0.15) is 4.58 Å². The summed E-state index contributed by atoms with van der Waals surface area (Å²) in [5.74, 6) is 0. The van der Waals surface area contributed by atoms with E-state index in [4.69, 9.17) is 0 Å². The Bertz CT molecular complexity index is 1040. The topological polar surface area (TPSA) is 60.2 Å². The van der Waals surface area contributed by atoms with E-state index in [1.54, 1.807) is 6.07 Å². The van der Waals surface area contributed by atoms with Crippen molar-refractivity contribution in [3.63, 3.8) is 0 Å². The molecule has 4 nitrogen and oxygen atoms in total. The zero-order valence-electron chi connectivity index (χ0n) is 17.1. The first-order valence-corrected chi connectivity index (χ1v) is 11.0. The molecule has 0 fully saturated rings. The lowest BCUT2D eigenvalue weighted by Crippen LogP contribution is -2.39. The SMILES string of the molecule is CCCC[N+]1=C(C(C)(C)C)C(C)(C)c2c1ccc1cc(S(=O)(=O)[O-])ccc21. The molecule has 0 saturated heterocycles. The molecule has 0 atom stereocenters. The first-order chi connectivity index (χ1) is 12.4. The molecule has 0 aromatic heterocycles. The largest absolute Gasteiger partial charge is 0.744 e.